The van der Waals surface area contributed by atoms with Gasteiger partial charge >= 0.3 is 11.9 Å². The molecule has 0 radical (unpaired) electrons. The summed E-state index contributed by atoms with van der Waals surface area (Å²) in [5.41, 5.74) is -0.800. The van der Waals surface area contributed by atoms with Crippen LogP contribution in [0.5, 0.6) is 0 Å². The van der Waals surface area contributed by atoms with Crippen LogP contribution in [0.1, 0.15) is 20.7 Å². The highest BCUT2D eigenvalue weighted by Crippen LogP contribution is 2.25. The molecule has 164 valence electrons. The summed E-state index contributed by atoms with van der Waals surface area (Å²) < 4.78 is 0. The SMILES string of the molecule is O=C(O)c1cc(Cl)ccc1[N+](=O)[O-].O=C(O)c1cc(N2CCNCC2)ccc1[N+](=O)[O-]. The highest BCUT2D eigenvalue weighted by molar-refractivity contribution is 6.31. The number of carbonyl (C=O) groups is 2. The minimum absolute atomic E-state index is 0.156. The van der Waals surface area contributed by atoms with Crippen molar-refractivity contribution < 1.29 is 29.6 Å². The average molecular weight is 453 g/mol. The second-order valence-electron chi connectivity index (χ2n) is 6.22. The first-order valence-corrected chi connectivity index (χ1v) is 9.14. The molecule has 1 fully saturated rings. The number of hydrogen-bond donors (Lipinski definition) is 3. The maximum Gasteiger partial charge on any atom is 0.342 e. The molecule has 2 aromatic rings. The van der Waals surface area contributed by atoms with Crippen molar-refractivity contribution in [3.05, 3.63) is 72.8 Å². The Kier molecular flexibility index (Phi) is 7.82. The third kappa shape index (κ3) is 6.10. The van der Waals surface area contributed by atoms with E-state index in [2.05, 4.69) is 5.32 Å². The molecule has 12 nitrogen and oxygen atoms in total. The average Bonchev–Trinajstić information content (AvgIpc) is 2.74. The predicted octanol–water partition coefficient (Wildman–Crippen LogP) is 2.65. The number of carboxylic acids is 2. The molecule has 0 atom stereocenters. The van der Waals surface area contributed by atoms with Crippen molar-refractivity contribution in [3.63, 3.8) is 0 Å². The monoisotopic (exact) mass is 452 g/mol. The van der Waals surface area contributed by atoms with Gasteiger partial charge in [-0.2, -0.15) is 0 Å². The van der Waals surface area contributed by atoms with Gasteiger partial charge in [0.25, 0.3) is 11.4 Å². The molecule has 0 spiro atoms. The zero-order valence-corrected chi connectivity index (χ0v) is 16.6. The summed E-state index contributed by atoms with van der Waals surface area (Å²) in [4.78, 5) is 43.2. The van der Waals surface area contributed by atoms with Gasteiger partial charge in [-0.3, -0.25) is 20.2 Å². The molecular formula is C18H17ClN4O8. The highest BCUT2D eigenvalue weighted by Gasteiger charge is 2.22. The molecule has 1 heterocycles. The van der Waals surface area contributed by atoms with E-state index in [4.69, 9.17) is 21.8 Å². The number of nitro groups is 2. The molecule has 1 saturated heterocycles. The third-order valence-electron chi connectivity index (χ3n) is 4.28. The second-order valence-corrected chi connectivity index (χ2v) is 6.66. The molecule has 0 amide bonds. The Balaban J connectivity index is 0.000000233. The summed E-state index contributed by atoms with van der Waals surface area (Å²) >= 11 is 5.48. The number of nitro benzene ring substituents is 2. The maximum atomic E-state index is 11.0. The van der Waals surface area contributed by atoms with Crippen LogP contribution >= 0.6 is 11.6 Å². The third-order valence-corrected chi connectivity index (χ3v) is 4.51. The van der Waals surface area contributed by atoms with E-state index >= 15 is 0 Å². The lowest BCUT2D eigenvalue weighted by Gasteiger charge is -2.29. The Morgan fingerprint density at radius 3 is 1.87 bits per heavy atom. The molecule has 0 unspecified atom stereocenters. The lowest BCUT2D eigenvalue weighted by Crippen LogP contribution is -2.43. The summed E-state index contributed by atoms with van der Waals surface area (Å²) in [6, 6.07) is 7.59. The number of nitrogens with zero attached hydrogens (tertiary/aromatic N) is 3. The number of rotatable bonds is 5. The van der Waals surface area contributed by atoms with E-state index in [0.29, 0.717) is 5.69 Å². The molecule has 13 heteroatoms. The smallest absolute Gasteiger partial charge is 0.342 e. The van der Waals surface area contributed by atoms with Gasteiger partial charge in [0.2, 0.25) is 0 Å². The first-order chi connectivity index (χ1) is 14.6. The zero-order chi connectivity index (χ0) is 23.1. The van der Waals surface area contributed by atoms with Crippen LogP contribution in [0.3, 0.4) is 0 Å². The number of anilines is 1. The summed E-state index contributed by atoms with van der Waals surface area (Å²) in [7, 11) is 0. The van der Waals surface area contributed by atoms with Gasteiger partial charge in [0, 0.05) is 49.0 Å². The standard InChI is InChI=1S/C11H13N3O4.C7H4ClNO4/c15-11(16)9-7-8(1-2-10(9)14(17)18)13-5-3-12-4-6-13;8-4-1-2-6(9(12)13)5(3-4)7(10)11/h1-2,7,12H,3-6H2,(H,15,16);1-3H,(H,10,11). The zero-order valence-electron chi connectivity index (χ0n) is 15.9. The maximum absolute atomic E-state index is 11.0. The second kappa shape index (κ2) is 10.3. The molecule has 3 N–H and O–H groups in total. The number of halogens is 1. The fourth-order valence-corrected chi connectivity index (χ4v) is 2.99. The van der Waals surface area contributed by atoms with Crippen molar-refractivity contribution in [3.8, 4) is 0 Å². The Hall–Kier alpha value is -3.77. The lowest BCUT2D eigenvalue weighted by molar-refractivity contribution is -0.385. The van der Waals surface area contributed by atoms with Crippen molar-refractivity contribution in [1.29, 1.82) is 0 Å². The van der Waals surface area contributed by atoms with E-state index in [9.17, 15) is 29.8 Å². The molecule has 0 bridgehead atoms. The van der Waals surface area contributed by atoms with Gasteiger partial charge < -0.3 is 20.4 Å². The predicted molar refractivity (Wildman–Crippen MR) is 110 cm³/mol. The molecule has 31 heavy (non-hydrogen) atoms. The Labute approximate surface area is 180 Å². The van der Waals surface area contributed by atoms with Gasteiger partial charge in [-0.1, -0.05) is 11.6 Å². The van der Waals surface area contributed by atoms with Gasteiger partial charge in [-0.05, 0) is 24.3 Å². The molecule has 3 rings (SSSR count). The summed E-state index contributed by atoms with van der Waals surface area (Å²) in [5.74, 6) is -2.65. The number of carboxylic acid groups (broad SMARTS) is 2. The Bertz CT molecular complexity index is 1020. The van der Waals surface area contributed by atoms with Crippen molar-refractivity contribution in [2.45, 2.75) is 0 Å². The molecule has 2 aromatic carbocycles. The van der Waals surface area contributed by atoms with Crippen molar-refractivity contribution in [1.82, 2.24) is 5.32 Å². The Morgan fingerprint density at radius 1 is 0.903 bits per heavy atom. The summed E-state index contributed by atoms with van der Waals surface area (Å²) in [5, 5.41) is 42.0. The van der Waals surface area contributed by atoms with E-state index in [1.165, 1.54) is 18.2 Å². The largest absolute Gasteiger partial charge is 0.477 e. The fraction of sp³-hybridized carbons (Fsp3) is 0.222. The number of piperazine rings is 1. The van der Waals surface area contributed by atoms with Crippen LogP contribution in [0.25, 0.3) is 0 Å². The number of benzene rings is 2. The first-order valence-electron chi connectivity index (χ1n) is 8.76. The fourth-order valence-electron chi connectivity index (χ4n) is 2.81. The van der Waals surface area contributed by atoms with Crippen LogP contribution in [0, 0.1) is 20.2 Å². The van der Waals surface area contributed by atoms with E-state index in [1.807, 2.05) is 4.90 Å². The van der Waals surface area contributed by atoms with Crippen LogP contribution in [-0.2, 0) is 0 Å². The van der Waals surface area contributed by atoms with Crippen molar-refractivity contribution >= 4 is 40.6 Å². The Morgan fingerprint density at radius 2 is 1.39 bits per heavy atom. The van der Waals surface area contributed by atoms with E-state index in [-0.39, 0.29) is 16.3 Å². The summed E-state index contributed by atoms with van der Waals surface area (Å²) in [6.07, 6.45) is 0. The van der Waals surface area contributed by atoms with E-state index in [0.717, 1.165) is 38.3 Å². The topological polar surface area (TPSA) is 176 Å². The van der Waals surface area contributed by atoms with E-state index in [1.54, 1.807) is 6.07 Å². The molecule has 1 aliphatic heterocycles. The van der Waals surface area contributed by atoms with Gasteiger partial charge in [-0.15, -0.1) is 0 Å². The minimum atomic E-state index is -1.37. The van der Waals surface area contributed by atoms with Crippen molar-refractivity contribution in [2.75, 3.05) is 31.1 Å². The normalized spacial score (nSPS) is 13.0. The number of nitrogens with one attached hydrogen (secondary N) is 1. The van der Waals surface area contributed by atoms with Crippen LogP contribution in [-0.4, -0.2) is 58.2 Å². The van der Waals surface area contributed by atoms with Crippen molar-refractivity contribution in [2.24, 2.45) is 0 Å². The van der Waals surface area contributed by atoms with Gasteiger partial charge in [-0.25, -0.2) is 9.59 Å². The molecule has 0 saturated carbocycles. The minimum Gasteiger partial charge on any atom is -0.477 e. The van der Waals surface area contributed by atoms with Crippen LogP contribution in [0.2, 0.25) is 5.02 Å². The first kappa shape index (κ1) is 23.5. The highest BCUT2D eigenvalue weighted by atomic mass is 35.5. The van der Waals surface area contributed by atoms with Gasteiger partial charge in [0.15, 0.2) is 0 Å². The number of aromatic carboxylic acids is 2. The van der Waals surface area contributed by atoms with Crippen LogP contribution < -0.4 is 10.2 Å². The quantitative estimate of drug-likeness (QED) is 0.451. The molecule has 0 aromatic heterocycles. The van der Waals surface area contributed by atoms with Crippen LogP contribution in [0.4, 0.5) is 17.1 Å². The van der Waals surface area contributed by atoms with Gasteiger partial charge in [0.05, 0.1) is 9.85 Å². The van der Waals surface area contributed by atoms with Gasteiger partial charge in [0.1, 0.15) is 11.1 Å². The molecule has 1 aliphatic rings. The summed E-state index contributed by atoms with van der Waals surface area (Å²) in [6.45, 7) is 3.16. The lowest BCUT2D eigenvalue weighted by atomic mass is 10.1. The van der Waals surface area contributed by atoms with E-state index < -0.39 is 33.0 Å². The molecule has 0 aliphatic carbocycles. The molecular weight excluding hydrogens is 436 g/mol. The number of hydrogen-bond acceptors (Lipinski definition) is 8. The van der Waals surface area contributed by atoms with Crippen LogP contribution in [0.15, 0.2) is 36.4 Å².